The van der Waals surface area contributed by atoms with Crippen LogP contribution < -0.4 is 4.74 Å². The highest BCUT2D eigenvalue weighted by molar-refractivity contribution is 7.91. The summed E-state index contributed by atoms with van der Waals surface area (Å²) in [5, 5.41) is 7.41. The first-order chi connectivity index (χ1) is 11.4. The van der Waals surface area contributed by atoms with Crippen molar-refractivity contribution in [2.45, 2.75) is 12.5 Å². The number of aromatic nitrogens is 2. The van der Waals surface area contributed by atoms with Crippen LogP contribution in [0.2, 0.25) is 0 Å². The second-order valence-corrected chi connectivity index (χ2v) is 7.85. The normalized spacial score (nSPS) is 19.1. The van der Waals surface area contributed by atoms with Crippen LogP contribution in [0.15, 0.2) is 35.1 Å². The molecule has 8 nitrogen and oxygen atoms in total. The molecule has 0 radical (unpaired) electrons. The minimum Gasteiger partial charge on any atom is -0.484 e. The predicted octanol–water partition coefficient (Wildman–Crippen LogP) is 0.761. The summed E-state index contributed by atoms with van der Waals surface area (Å²) in [7, 11) is -1.42. The number of sulfone groups is 1. The Morgan fingerprint density at radius 3 is 2.71 bits per heavy atom. The van der Waals surface area contributed by atoms with Crippen LogP contribution in [0.1, 0.15) is 6.42 Å². The molecule has 1 aromatic heterocycles. The standard InChI is InChI=1S/C15H17N3O5S/c1-18(12-6-7-24(20,21)9-12)14(19)8-22-13-4-2-11(3-5-13)15-17-16-10-23-15/h2-5,10,12H,6-9H2,1H3/t12-/m0/s1. The molecule has 3 rings (SSSR count). The third kappa shape index (κ3) is 3.73. The van der Waals surface area contributed by atoms with Gasteiger partial charge in [0.05, 0.1) is 11.5 Å². The van der Waals surface area contributed by atoms with Gasteiger partial charge in [-0.2, -0.15) is 0 Å². The number of rotatable bonds is 5. The number of nitrogens with zero attached hydrogens (tertiary/aromatic N) is 3. The number of likely N-dealkylation sites (N-methyl/N-ethyl adjacent to an activating group) is 1. The quantitative estimate of drug-likeness (QED) is 0.783. The summed E-state index contributed by atoms with van der Waals surface area (Å²) in [5.74, 6) is 0.832. The molecule has 0 saturated carbocycles. The molecular formula is C15H17N3O5S. The van der Waals surface area contributed by atoms with Crippen LogP contribution in [0.3, 0.4) is 0 Å². The monoisotopic (exact) mass is 351 g/mol. The second-order valence-electron chi connectivity index (χ2n) is 5.62. The second kappa shape index (κ2) is 6.60. The van der Waals surface area contributed by atoms with Gasteiger partial charge in [0.15, 0.2) is 16.4 Å². The Hall–Kier alpha value is -2.42. The maximum absolute atomic E-state index is 12.1. The van der Waals surface area contributed by atoms with E-state index in [1.54, 1.807) is 31.3 Å². The summed E-state index contributed by atoms with van der Waals surface area (Å²) >= 11 is 0. The first-order valence-corrected chi connectivity index (χ1v) is 9.22. The van der Waals surface area contributed by atoms with Crippen LogP contribution in [0.5, 0.6) is 5.75 Å². The van der Waals surface area contributed by atoms with Crippen LogP contribution in [-0.2, 0) is 14.6 Å². The minimum atomic E-state index is -3.02. The number of carbonyl (C=O) groups is 1. The number of ether oxygens (including phenoxy) is 1. The fourth-order valence-electron chi connectivity index (χ4n) is 2.52. The Morgan fingerprint density at radius 2 is 2.12 bits per heavy atom. The summed E-state index contributed by atoms with van der Waals surface area (Å²) in [6.45, 7) is -0.146. The number of hydrogen-bond donors (Lipinski definition) is 0. The summed E-state index contributed by atoms with van der Waals surface area (Å²) in [4.78, 5) is 13.6. The number of carbonyl (C=O) groups excluding carboxylic acids is 1. The Morgan fingerprint density at radius 1 is 1.38 bits per heavy atom. The first-order valence-electron chi connectivity index (χ1n) is 7.40. The van der Waals surface area contributed by atoms with Crippen molar-refractivity contribution in [3.8, 4) is 17.2 Å². The summed E-state index contributed by atoms with van der Waals surface area (Å²) in [6, 6.07) is 6.63. The Bertz CT molecular complexity index is 802. The molecule has 1 fully saturated rings. The van der Waals surface area contributed by atoms with Gasteiger partial charge in [0.25, 0.3) is 5.91 Å². The van der Waals surface area contributed by atoms with Crippen molar-refractivity contribution in [1.82, 2.24) is 15.1 Å². The Kier molecular flexibility index (Phi) is 4.52. The molecule has 1 saturated heterocycles. The molecule has 0 N–H and O–H groups in total. The van der Waals surface area contributed by atoms with Crippen LogP contribution in [0, 0.1) is 0 Å². The van der Waals surface area contributed by atoms with Crippen molar-refractivity contribution < 1.29 is 22.4 Å². The molecule has 1 aromatic carbocycles. The van der Waals surface area contributed by atoms with Gasteiger partial charge in [-0.1, -0.05) is 0 Å². The first kappa shape index (κ1) is 16.4. The van der Waals surface area contributed by atoms with E-state index < -0.39 is 9.84 Å². The van der Waals surface area contributed by atoms with Crippen LogP contribution >= 0.6 is 0 Å². The topological polar surface area (TPSA) is 103 Å². The van der Waals surface area contributed by atoms with Gasteiger partial charge in [-0.15, -0.1) is 10.2 Å². The lowest BCUT2D eigenvalue weighted by Gasteiger charge is -2.23. The molecule has 1 aliphatic heterocycles. The zero-order valence-corrected chi connectivity index (χ0v) is 13.9. The van der Waals surface area contributed by atoms with E-state index in [1.807, 2.05) is 0 Å². The predicted molar refractivity (Wildman–Crippen MR) is 85.1 cm³/mol. The SMILES string of the molecule is CN(C(=O)COc1ccc(-c2nnco2)cc1)[C@H]1CCS(=O)(=O)C1. The maximum atomic E-state index is 12.1. The fraction of sp³-hybridized carbons (Fsp3) is 0.400. The fourth-order valence-corrected chi connectivity index (χ4v) is 4.30. The van der Waals surface area contributed by atoms with E-state index >= 15 is 0 Å². The van der Waals surface area contributed by atoms with Crippen molar-refractivity contribution in [1.29, 1.82) is 0 Å². The van der Waals surface area contributed by atoms with Crippen LogP contribution in [-0.4, -0.2) is 60.6 Å². The van der Waals surface area contributed by atoms with Crippen LogP contribution in [0.4, 0.5) is 0 Å². The van der Waals surface area contributed by atoms with Crippen molar-refractivity contribution >= 4 is 15.7 Å². The lowest BCUT2D eigenvalue weighted by Crippen LogP contribution is -2.40. The highest BCUT2D eigenvalue weighted by atomic mass is 32.2. The van der Waals surface area contributed by atoms with Crippen molar-refractivity contribution in [3.63, 3.8) is 0 Å². The van der Waals surface area contributed by atoms with E-state index in [-0.39, 0.29) is 30.1 Å². The zero-order valence-electron chi connectivity index (χ0n) is 13.1. The van der Waals surface area contributed by atoms with Gasteiger partial charge in [0.2, 0.25) is 12.3 Å². The molecular weight excluding hydrogens is 334 g/mol. The van der Waals surface area contributed by atoms with E-state index in [2.05, 4.69) is 10.2 Å². The summed E-state index contributed by atoms with van der Waals surface area (Å²) < 4.78 is 33.5. The van der Waals surface area contributed by atoms with E-state index in [0.29, 0.717) is 18.1 Å². The molecule has 9 heteroatoms. The average molecular weight is 351 g/mol. The number of hydrogen-bond acceptors (Lipinski definition) is 7. The lowest BCUT2D eigenvalue weighted by atomic mass is 10.2. The van der Waals surface area contributed by atoms with E-state index in [4.69, 9.17) is 9.15 Å². The lowest BCUT2D eigenvalue weighted by molar-refractivity contribution is -0.133. The molecule has 0 spiro atoms. The van der Waals surface area contributed by atoms with Gasteiger partial charge in [-0.25, -0.2) is 8.42 Å². The molecule has 128 valence electrons. The summed E-state index contributed by atoms with van der Waals surface area (Å²) in [6.07, 6.45) is 1.72. The van der Waals surface area contributed by atoms with Crippen molar-refractivity contribution in [2.24, 2.45) is 0 Å². The van der Waals surface area contributed by atoms with E-state index in [1.165, 1.54) is 11.3 Å². The largest absolute Gasteiger partial charge is 0.484 e. The number of benzene rings is 1. The maximum Gasteiger partial charge on any atom is 0.260 e. The molecule has 2 heterocycles. The molecule has 1 atom stereocenters. The average Bonchev–Trinajstić information content (AvgIpc) is 3.22. The van der Waals surface area contributed by atoms with Gasteiger partial charge in [0, 0.05) is 18.7 Å². The van der Waals surface area contributed by atoms with Crippen LogP contribution in [0.25, 0.3) is 11.5 Å². The molecule has 1 aliphatic rings. The minimum absolute atomic E-state index is 0.0219. The van der Waals surface area contributed by atoms with Gasteiger partial charge in [0.1, 0.15) is 5.75 Å². The van der Waals surface area contributed by atoms with E-state index in [0.717, 1.165) is 5.56 Å². The van der Waals surface area contributed by atoms with Gasteiger partial charge < -0.3 is 14.1 Å². The van der Waals surface area contributed by atoms with Gasteiger partial charge in [-0.05, 0) is 30.7 Å². The molecule has 0 unspecified atom stereocenters. The third-order valence-electron chi connectivity index (χ3n) is 3.97. The number of amides is 1. The smallest absolute Gasteiger partial charge is 0.260 e. The molecule has 1 amide bonds. The highest BCUT2D eigenvalue weighted by Gasteiger charge is 2.32. The van der Waals surface area contributed by atoms with Gasteiger partial charge in [-0.3, -0.25) is 4.79 Å². The molecule has 2 aromatic rings. The highest BCUT2D eigenvalue weighted by Crippen LogP contribution is 2.21. The summed E-state index contributed by atoms with van der Waals surface area (Å²) in [5.41, 5.74) is 0.749. The van der Waals surface area contributed by atoms with Crippen molar-refractivity contribution in [2.75, 3.05) is 25.2 Å². The third-order valence-corrected chi connectivity index (χ3v) is 5.72. The molecule has 0 aliphatic carbocycles. The van der Waals surface area contributed by atoms with Gasteiger partial charge >= 0.3 is 0 Å². The Labute approximate surface area is 139 Å². The van der Waals surface area contributed by atoms with Crippen molar-refractivity contribution in [3.05, 3.63) is 30.7 Å². The van der Waals surface area contributed by atoms with E-state index in [9.17, 15) is 13.2 Å². The molecule has 24 heavy (non-hydrogen) atoms. The molecule has 0 bridgehead atoms. The Balaban J connectivity index is 1.54. The zero-order chi connectivity index (χ0) is 17.2.